The summed E-state index contributed by atoms with van der Waals surface area (Å²) < 4.78 is 1.84. The van der Waals surface area contributed by atoms with Gasteiger partial charge in [-0.15, -0.1) is 0 Å². The Kier molecular flexibility index (Phi) is 4.62. The molecule has 0 bridgehead atoms. The first kappa shape index (κ1) is 16.2. The topological polar surface area (TPSA) is 59.8 Å². The molecule has 1 N–H and O–H groups in total. The quantitative estimate of drug-likeness (QED) is 0.784. The normalized spacial score (nSPS) is 10.6. The van der Waals surface area contributed by atoms with Crippen LogP contribution in [-0.2, 0) is 6.54 Å². The van der Waals surface area contributed by atoms with Crippen molar-refractivity contribution in [3.8, 4) is 0 Å². The van der Waals surface area contributed by atoms with Crippen LogP contribution in [0.4, 0.5) is 5.69 Å². The van der Waals surface area contributed by atoms with Gasteiger partial charge in [-0.05, 0) is 37.6 Å². The second-order valence-corrected chi connectivity index (χ2v) is 5.87. The maximum absolute atomic E-state index is 12.3. The predicted octanol–water partition coefficient (Wildman–Crippen LogP) is 3.85. The first-order chi connectivity index (χ1) is 11.6. The molecule has 0 saturated heterocycles. The van der Waals surface area contributed by atoms with Crippen LogP contribution in [0.5, 0.6) is 0 Å². The molecule has 0 aliphatic carbocycles. The van der Waals surface area contributed by atoms with Crippen LogP contribution in [-0.4, -0.2) is 20.7 Å². The molecule has 0 saturated carbocycles. The van der Waals surface area contributed by atoms with Crippen molar-refractivity contribution >= 4 is 23.2 Å². The Morgan fingerprint density at radius 3 is 2.62 bits per heavy atom. The zero-order chi connectivity index (χ0) is 17.1. The number of amides is 1. The molecule has 6 heteroatoms. The third-order valence-electron chi connectivity index (χ3n) is 3.80. The number of pyridine rings is 1. The number of carbonyl (C=O) groups is 1. The Hall–Kier alpha value is -2.66. The summed E-state index contributed by atoms with van der Waals surface area (Å²) in [6, 6.07) is 12.9. The molecule has 0 spiro atoms. The van der Waals surface area contributed by atoms with Gasteiger partial charge in [0.25, 0.3) is 5.91 Å². The van der Waals surface area contributed by atoms with Crippen molar-refractivity contribution in [1.29, 1.82) is 0 Å². The lowest BCUT2D eigenvalue weighted by molar-refractivity contribution is 0.102. The van der Waals surface area contributed by atoms with Crippen LogP contribution in [0.1, 0.15) is 27.4 Å². The molecule has 122 valence electrons. The Bertz CT molecular complexity index is 874. The van der Waals surface area contributed by atoms with Crippen molar-refractivity contribution in [3.63, 3.8) is 0 Å². The lowest BCUT2D eigenvalue weighted by atomic mass is 10.2. The molecular formula is C18H17ClN4O. The van der Waals surface area contributed by atoms with Crippen molar-refractivity contribution in [2.75, 3.05) is 5.32 Å². The van der Waals surface area contributed by atoms with Gasteiger partial charge >= 0.3 is 0 Å². The molecular weight excluding hydrogens is 324 g/mol. The molecule has 0 atom stereocenters. The molecule has 0 fully saturated rings. The summed E-state index contributed by atoms with van der Waals surface area (Å²) in [6.07, 6.45) is 1.59. The standard InChI is InChI=1S/C18H17ClN4O/c1-12-17(21-18(24)16-9-5-6-10-20-16)13(2)23(22-12)11-14-7-3-4-8-15(14)19/h3-10H,11H2,1-2H3,(H,21,24). The number of carbonyl (C=O) groups excluding carboxylic acids is 1. The van der Waals surface area contributed by atoms with Crippen LogP contribution < -0.4 is 5.32 Å². The van der Waals surface area contributed by atoms with Crippen molar-refractivity contribution < 1.29 is 4.79 Å². The van der Waals surface area contributed by atoms with Crippen molar-refractivity contribution in [3.05, 3.63) is 76.3 Å². The fourth-order valence-corrected chi connectivity index (χ4v) is 2.69. The van der Waals surface area contributed by atoms with Crippen molar-refractivity contribution in [1.82, 2.24) is 14.8 Å². The van der Waals surface area contributed by atoms with E-state index in [1.54, 1.807) is 24.4 Å². The SMILES string of the molecule is Cc1nn(Cc2ccccc2Cl)c(C)c1NC(=O)c1ccccn1. The molecule has 3 rings (SSSR count). The number of rotatable bonds is 4. The van der Waals surface area contributed by atoms with Gasteiger partial charge in [-0.25, -0.2) is 0 Å². The van der Waals surface area contributed by atoms with Gasteiger partial charge < -0.3 is 5.32 Å². The largest absolute Gasteiger partial charge is 0.317 e. The number of hydrogen-bond acceptors (Lipinski definition) is 3. The molecule has 2 aromatic heterocycles. The number of hydrogen-bond donors (Lipinski definition) is 1. The van der Waals surface area contributed by atoms with E-state index in [9.17, 15) is 4.79 Å². The highest BCUT2D eigenvalue weighted by Crippen LogP contribution is 2.23. The minimum atomic E-state index is -0.251. The van der Waals surface area contributed by atoms with Gasteiger partial charge in [0.2, 0.25) is 0 Å². The smallest absolute Gasteiger partial charge is 0.274 e. The van der Waals surface area contributed by atoms with Crippen LogP contribution in [0.25, 0.3) is 0 Å². The Balaban J connectivity index is 1.85. The molecule has 24 heavy (non-hydrogen) atoms. The van der Waals surface area contributed by atoms with Gasteiger partial charge in [-0.3, -0.25) is 14.5 Å². The minimum absolute atomic E-state index is 0.251. The summed E-state index contributed by atoms with van der Waals surface area (Å²) in [5.74, 6) is -0.251. The molecule has 0 aliphatic rings. The fraction of sp³-hybridized carbons (Fsp3) is 0.167. The van der Waals surface area contributed by atoms with E-state index < -0.39 is 0 Å². The van der Waals surface area contributed by atoms with Crippen LogP contribution >= 0.6 is 11.6 Å². The van der Waals surface area contributed by atoms with Crippen LogP contribution in [0.2, 0.25) is 5.02 Å². The second kappa shape index (κ2) is 6.84. The number of aromatic nitrogens is 3. The van der Waals surface area contributed by atoms with E-state index >= 15 is 0 Å². The third kappa shape index (κ3) is 3.31. The molecule has 0 aliphatic heterocycles. The van der Waals surface area contributed by atoms with E-state index in [0.29, 0.717) is 22.9 Å². The fourth-order valence-electron chi connectivity index (χ4n) is 2.49. The lowest BCUT2D eigenvalue weighted by Gasteiger charge is -2.08. The van der Waals surface area contributed by atoms with Crippen molar-refractivity contribution in [2.45, 2.75) is 20.4 Å². The summed E-state index contributed by atoms with van der Waals surface area (Å²) in [6.45, 7) is 4.33. The lowest BCUT2D eigenvalue weighted by Crippen LogP contribution is -2.14. The van der Waals surface area contributed by atoms with Crippen molar-refractivity contribution in [2.24, 2.45) is 0 Å². The summed E-state index contributed by atoms with van der Waals surface area (Å²) >= 11 is 6.22. The Labute approximate surface area is 145 Å². The van der Waals surface area contributed by atoms with E-state index in [0.717, 1.165) is 17.0 Å². The Morgan fingerprint density at radius 2 is 1.92 bits per heavy atom. The van der Waals surface area contributed by atoms with Crippen LogP contribution in [0.3, 0.4) is 0 Å². The average Bonchev–Trinajstić information content (AvgIpc) is 2.85. The summed E-state index contributed by atoms with van der Waals surface area (Å²) in [5, 5.41) is 8.11. The first-order valence-corrected chi connectivity index (χ1v) is 7.94. The Morgan fingerprint density at radius 1 is 1.17 bits per heavy atom. The third-order valence-corrected chi connectivity index (χ3v) is 4.16. The number of anilines is 1. The van der Waals surface area contributed by atoms with Gasteiger partial charge in [0.05, 0.1) is 23.6 Å². The maximum atomic E-state index is 12.3. The number of nitrogens with zero attached hydrogens (tertiary/aromatic N) is 3. The van der Waals surface area contributed by atoms with Crippen LogP contribution in [0, 0.1) is 13.8 Å². The van der Waals surface area contributed by atoms with Gasteiger partial charge in [0.1, 0.15) is 5.69 Å². The maximum Gasteiger partial charge on any atom is 0.274 e. The highest BCUT2D eigenvalue weighted by Gasteiger charge is 2.16. The molecule has 1 amide bonds. The molecule has 3 aromatic rings. The van der Waals surface area contributed by atoms with E-state index in [2.05, 4.69) is 15.4 Å². The number of halogens is 1. The van der Waals surface area contributed by atoms with Gasteiger partial charge in [-0.1, -0.05) is 35.9 Å². The molecule has 2 heterocycles. The van der Waals surface area contributed by atoms with E-state index in [-0.39, 0.29) is 5.91 Å². The van der Waals surface area contributed by atoms with Gasteiger partial charge in [0.15, 0.2) is 0 Å². The highest BCUT2D eigenvalue weighted by molar-refractivity contribution is 6.31. The zero-order valence-corrected chi connectivity index (χ0v) is 14.2. The molecule has 0 unspecified atom stereocenters. The number of aryl methyl sites for hydroxylation is 1. The minimum Gasteiger partial charge on any atom is -0.317 e. The number of nitrogens with one attached hydrogen (secondary N) is 1. The van der Waals surface area contributed by atoms with E-state index in [4.69, 9.17) is 11.6 Å². The zero-order valence-electron chi connectivity index (χ0n) is 13.5. The van der Waals surface area contributed by atoms with E-state index in [1.165, 1.54) is 0 Å². The molecule has 1 aromatic carbocycles. The predicted molar refractivity (Wildman–Crippen MR) is 94.4 cm³/mol. The van der Waals surface area contributed by atoms with E-state index in [1.807, 2.05) is 42.8 Å². The summed E-state index contributed by atoms with van der Waals surface area (Å²) in [7, 11) is 0. The average molecular weight is 341 g/mol. The van der Waals surface area contributed by atoms with Gasteiger partial charge in [0, 0.05) is 11.2 Å². The second-order valence-electron chi connectivity index (χ2n) is 5.46. The van der Waals surface area contributed by atoms with Crippen LogP contribution in [0.15, 0.2) is 48.7 Å². The summed E-state index contributed by atoms with van der Waals surface area (Å²) in [5.41, 5.74) is 3.68. The first-order valence-electron chi connectivity index (χ1n) is 7.56. The summed E-state index contributed by atoms with van der Waals surface area (Å²) in [4.78, 5) is 16.4. The molecule has 5 nitrogen and oxygen atoms in total. The molecule has 0 radical (unpaired) electrons. The number of benzene rings is 1. The monoisotopic (exact) mass is 340 g/mol. The highest BCUT2D eigenvalue weighted by atomic mass is 35.5. The van der Waals surface area contributed by atoms with Gasteiger partial charge in [-0.2, -0.15) is 5.10 Å².